The molecule has 108 valence electrons. The van der Waals surface area contributed by atoms with Crippen molar-refractivity contribution in [1.29, 1.82) is 0 Å². The molecule has 2 aromatic rings. The molecule has 0 atom stereocenters. The first-order chi connectivity index (χ1) is 9.40. The Hall–Kier alpha value is -1.82. The van der Waals surface area contributed by atoms with Crippen LogP contribution in [0.3, 0.4) is 0 Å². The van der Waals surface area contributed by atoms with Gasteiger partial charge in [0, 0.05) is 25.5 Å². The number of aromatic nitrogens is 1. The van der Waals surface area contributed by atoms with Gasteiger partial charge in [0.05, 0.1) is 11.9 Å². The summed E-state index contributed by atoms with van der Waals surface area (Å²) in [6.45, 7) is 0.196. The van der Waals surface area contributed by atoms with E-state index in [2.05, 4.69) is 4.98 Å². The standard InChI is InChI=1S/C14H16F3N3/c1-20(7-6-14(15,16)17)13-8-10(9-18)11-4-2-3-5-12(11)19-13/h2-5,8H,6-7,9,18H2,1H3. The minimum atomic E-state index is -4.16. The van der Waals surface area contributed by atoms with E-state index in [-0.39, 0.29) is 6.54 Å². The summed E-state index contributed by atoms with van der Waals surface area (Å²) < 4.78 is 36.8. The molecule has 0 saturated carbocycles. The van der Waals surface area contributed by atoms with Crippen molar-refractivity contribution >= 4 is 16.7 Å². The molecule has 0 spiro atoms. The number of nitrogens with zero attached hydrogens (tertiary/aromatic N) is 2. The molecule has 6 heteroatoms. The predicted octanol–water partition coefficient (Wildman–Crippen LogP) is 3.08. The van der Waals surface area contributed by atoms with Crippen molar-refractivity contribution < 1.29 is 13.2 Å². The van der Waals surface area contributed by atoms with E-state index in [1.165, 1.54) is 4.90 Å². The highest BCUT2D eigenvalue weighted by Gasteiger charge is 2.27. The molecule has 0 bridgehead atoms. The Bertz CT molecular complexity index is 596. The number of rotatable bonds is 4. The van der Waals surface area contributed by atoms with E-state index in [9.17, 15) is 13.2 Å². The first kappa shape index (κ1) is 14.6. The summed E-state index contributed by atoms with van der Waals surface area (Å²) in [5, 5.41) is 0.933. The highest BCUT2D eigenvalue weighted by Crippen LogP contribution is 2.24. The molecule has 0 aliphatic carbocycles. The van der Waals surface area contributed by atoms with Crippen molar-refractivity contribution in [2.24, 2.45) is 5.73 Å². The summed E-state index contributed by atoms with van der Waals surface area (Å²) in [6.07, 6.45) is -5.03. The maximum absolute atomic E-state index is 12.3. The average molecular weight is 283 g/mol. The number of hydrogen-bond acceptors (Lipinski definition) is 3. The fraction of sp³-hybridized carbons (Fsp3) is 0.357. The van der Waals surface area contributed by atoms with Crippen molar-refractivity contribution in [3.05, 3.63) is 35.9 Å². The predicted molar refractivity (Wildman–Crippen MR) is 73.6 cm³/mol. The summed E-state index contributed by atoms with van der Waals surface area (Å²) >= 11 is 0. The van der Waals surface area contributed by atoms with E-state index in [1.54, 1.807) is 13.1 Å². The number of pyridine rings is 1. The lowest BCUT2D eigenvalue weighted by atomic mass is 10.1. The van der Waals surface area contributed by atoms with E-state index in [1.807, 2.05) is 24.3 Å². The zero-order valence-electron chi connectivity index (χ0n) is 11.1. The van der Waals surface area contributed by atoms with Gasteiger partial charge >= 0.3 is 6.18 Å². The fourth-order valence-corrected chi connectivity index (χ4v) is 2.01. The maximum atomic E-state index is 12.3. The summed E-state index contributed by atoms with van der Waals surface area (Å²) in [5.41, 5.74) is 7.32. The number of benzene rings is 1. The summed E-state index contributed by atoms with van der Waals surface area (Å²) in [4.78, 5) is 5.89. The lowest BCUT2D eigenvalue weighted by Gasteiger charge is -2.20. The second-order valence-electron chi connectivity index (χ2n) is 4.65. The van der Waals surface area contributed by atoms with Gasteiger partial charge in [-0.15, -0.1) is 0 Å². The number of hydrogen-bond donors (Lipinski definition) is 1. The lowest BCUT2D eigenvalue weighted by Crippen LogP contribution is -2.25. The molecule has 0 unspecified atom stereocenters. The molecule has 0 amide bonds. The van der Waals surface area contributed by atoms with Gasteiger partial charge < -0.3 is 10.6 Å². The summed E-state index contributed by atoms with van der Waals surface area (Å²) in [6, 6.07) is 9.21. The Morgan fingerprint density at radius 1 is 1.25 bits per heavy atom. The Labute approximate surface area is 115 Å². The molecule has 1 heterocycles. The van der Waals surface area contributed by atoms with Crippen LogP contribution in [-0.4, -0.2) is 24.8 Å². The van der Waals surface area contributed by atoms with Crippen molar-refractivity contribution in [2.75, 3.05) is 18.5 Å². The number of anilines is 1. The van der Waals surface area contributed by atoms with Gasteiger partial charge in [0.25, 0.3) is 0 Å². The zero-order valence-corrected chi connectivity index (χ0v) is 11.1. The number of alkyl halides is 3. The van der Waals surface area contributed by atoms with Crippen LogP contribution < -0.4 is 10.6 Å². The smallest absolute Gasteiger partial charge is 0.359 e. The fourth-order valence-electron chi connectivity index (χ4n) is 2.01. The normalized spacial score (nSPS) is 11.8. The SMILES string of the molecule is CN(CCC(F)(F)F)c1cc(CN)c2ccccc2n1. The van der Waals surface area contributed by atoms with Gasteiger partial charge in [0.2, 0.25) is 0 Å². The molecule has 2 N–H and O–H groups in total. The van der Waals surface area contributed by atoms with E-state index in [0.717, 1.165) is 16.5 Å². The van der Waals surface area contributed by atoms with Crippen LogP contribution in [0.15, 0.2) is 30.3 Å². The van der Waals surface area contributed by atoms with Crippen LogP contribution in [0.4, 0.5) is 19.0 Å². The third-order valence-electron chi connectivity index (χ3n) is 3.13. The Morgan fingerprint density at radius 3 is 2.60 bits per heavy atom. The van der Waals surface area contributed by atoms with Crippen molar-refractivity contribution in [2.45, 2.75) is 19.1 Å². The highest BCUT2D eigenvalue weighted by molar-refractivity contribution is 5.84. The van der Waals surface area contributed by atoms with Gasteiger partial charge in [-0.1, -0.05) is 18.2 Å². The molecule has 3 nitrogen and oxygen atoms in total. The van der Waals surface area contributed by atoms with E-state index < -0.39 is 12.6 Å². The third-order valence-corrected chi connectivity index (χ3v) is 3.13. The third kappa shape index (κ3) is 3.39. The molecule has 0 aliphatic rings. The Balaban J connectivity index is 2.30. The Morgan fingerprint density at radius 2 is 1.95 bits per heavy atom. The quantitative estimate of drug-likeness (QED) is 0.937. The van der Waals surface area contributed by atoms with E-state index in [4.69, 9.17) is 5.73 Å². The van der Waals surface area contributed by atoms with Crippen molar-refractivity contribution in [3.8, 4) is 0 Å². The monoisotopic (exact) mass is 283 g/mol. The summed E-state index contributed by atoms with van der Waals surface area (Å²) in [5.74, 6) is 0.508. The molecular weight excluding hydrogens is 267 g/mol. The topological polar surface area (TPSA) is 42.1 Å². The minimum Gasteiger partial charge on any atom is -0.359 e. The lowest BCUT2D eigenvalue weighted by molar-refractivity contribution is -0.132. The minimum absolute atomic E-state index is 0.126. The number of fused-ring (bicyclic) bond motifs is 1. The molecule has 0 radical (unpaired) electrons. The highest BCUT2D eigenvalue weighted by atomic mass is 19.4. The molecular formula is C14H16F3N3. The van der Waals surface area contributed by atoms with Gasteiger partial charge in [-0.2, -0.15) is 13.2 Å². The first-order valence-corrected chi connectivity index (χ1v) is 6.27. The molecule has 0 saturated heterocycles. The van der Waals surface area contributed by atoms with Crippen molar-refractivity contribution in [3.63, 3.8) is 0 Å². The Kier molecular flexibility index (Phi) is 4.13. The molecule has 2 rings (SSSR count). The van der Waals surface area contributed by atoms with Crippen LogP contribution in [0.5, 0.6) is 0 Å². The number of nitrogens with two attached hydrogens (primary N) is 1. The van der Waals surface area contributed by atoms with Gasteiger partial charge in [-0.05, 0) is 17.7 Å². The second kappa shape index (κ2) is 5.66. The first-order valence-electron chi connectivity index (χ1n) is 6.27. The van der Waals surface area contributed by atoms with E-state index >= 15 is 0 Å². The largest absolute Gasteiger partial charge is 0.390 e. The molecule has 1 aromatic heterocycles. The van der Waals surface area contributed by atoms with Gasteiger partial charge in [0.1, 0.15) is 5.82 Å². The molecule has 20 heavy (non-hydrogen) atoms. The number of halogens is 3. The number of para-hydroxylation sites is 1. The van der Waals surface area contributed by atoms with Crippen LogP contribution in [0, 0.1) is 0 Å². The second-order valence-corrected chi connectivity index (χ2v) is 4.65. The van der Waals surface area contributed by atoms with Crippen LogP contribution in [0.1, 0.15) is 12.0 Å². The molecule has 0 fully saturated rings. The van der Waals surface area contributed by atoms with Gasteiger partial charge in [0.15, 0.2) is 0 Å². The van der Waals surface area contributed by atoms with E-state index in [0.29, 0.717) is 12.4 Å². The van der Waals surface area contributed by atoms with Crippen LogP contribution in [0.2, 0.25) is 0 Å². The molecule has 1 aromatic carbocycles. The zero-order chi connectivity index (χ0) is 14.8. The van der Waals surface area contributed by atoms with Crippen molar-refractivity contribution in [1.82, 2.24) is 4.98 Å². The van der Waals surface area contributed by atoms with Gasteiger partial charge in [-0.25, -0.2) is 4.98 Å². The average Bonchev–Trinajstić information content (AvgIpc) is 2.42. The van der Waals surface area contributed by atoms with Gasteiger partial charge in [-0.3, -0.25) is 0 Å². The molecule has 0 aliphatic heterocycles. The van der Waals surface area contributed by atoms with Crippen LogP contribution in [-0.2, 0) is 6.54 Å². The van der Waals surface area contributed by atoms with Crippen LogP contribution >= 0.6 is 0 Å². The van der Waals surface area contributed by atoms with Crippen LogP contribution in [0.25, 0.3) is 10.9 Å². The summed E-state index contributed by atoms with van der Waals surface area (Å²) in [7, 11) is 1.60. The maximum Gasteiger partial charge on any atom is 0.390 e.